The van der Waals surface area contributed by atoms with E-state index in [0.717, 1.165) is 0 Å². The molecule has 2 aromatic rings. The summed E-state index contributed by atoms with van der Waals surface area (Å²) in [5, 5.41) is 8.81. The summed E-state index contributed by atoms with van der Waals surface area (Å²) in [6, 6.07) is 12.3. The molecule has 0 spiro atoms. The first-order valence-electron chi connectivity index (χ1n) is 9.31. The molecule has 0 saturated carbocycles. The Bertz CT molecular complexity index is 1090. The average molecular weight is 462 g/mol. The number of ether oxygens (including phenoxy) is 4. The second-order valence-corrected chi connectivity index (χ2v) is 8.06. The van der Waals surface area contributed by atoms with Crippen LogP contribution >= 0.6 is 0 Å². The zero-order valence-electron chi connectivity index (χ0n) is 17.5. The number of rotatable bonds is 11. The summed E-state index contributed by atoms with van der Waals surface area (Å²) in [5.74, 6) is -0.803. The van der Waals surface area contributed by atoms with Gasteiger partial charge in [-0.1, -0.05) is 6.07 Å². The van der Waals surface area contributed by atoms with E-state index in [4.69, 9.17) is 14.7 Å². The van der Waals surface area contributed by atoms with E-state index in [1.165, 1.54) is 38.5 Å². The van der Waals surface area contributed by atoms with E-state index in [-0.39, 0.29) is 36.2 Å². The highest BCUT2D eigenvalue weighted by Gasteiger charge is 2.15. The van der Waals surface area contributed by atoms with Crippen LogP contribution in [0.3, 0.4) is 0 Å². The molecule has 0 aliphatic rings. The van der Waals surface area contributed by atoms with E-state index < -0.39 is 22.0 Å². The molecular weight excluding hydrogens is 440 g/mol. The van der Waals surface area contributed by atoms with Gasteiger partial charge in [-0.3, -0.25) is 0 Å². The number of sulfonamides is 1. The van der Waals surface area contributed by atoms with Gasteiger partial charge in [-0.15, -0.1) is 0 Å². The molecule has 0 unspecified atom stereocenters. The van der Waals surface area contributed by atoms with E-state index in [9.17, 15) is 18.0 Å². The second kappa shape index (κ2) is 11.7. The highest BCUT2D eigenvalue weighted by Crippen LogP contribution is 2.29. The van der Waals surface area contributed by atoms with Gasteiger partial charge in [0, 0.05) is 6.54 Å². The van der Waals surface area contributed by atoms with Crippen molar-refractivity contribution in [2.45, 2.75) is 11.3 Å². The third-order valence-corrected chi connectivity index (χ3v) is 5.63. The molecule has 0 aromatic heterocycles. The van der Waals surface area contributed by atoms with Gasteiger partial charge >= 0.3 is 11.9 Å². The van der Waals surface area contributed by atoms with Crippen molar-refractivity contribution in [2.75, 3.05) is 34.0 Å². The van der Waals surface area contributed by atoms with Gasteiger partial charge in [0.1, 0.15) is 0 Å². The van der Waals surface area contributed by atoms with Crippen molar-refractivity contribution in [1.29, 1.82) is 5.26 Å². The molecule has 0 saturated heterocycles. The summed E-state index contributed by atoms with van der Waals surface area (Å²) >= 11 is 0. The Labute approximate surface area is 185 Å². The van der Waals surface area contributed by atoms with Crippen molar-refractivity contribution >= 4 is 22.0 Å². The van der Waals surface area contributed by atoms with Crippen LogP contribution in [0.4, 0.5) is 0 Å². The van der Waals surface area contributed by atoms with E-state index in [1.807, 2.05) is 6.07 Å². The molecule has 11 heteroatoms. The van der Waals surface area contributed by atoms with Crippen LogP contribution in [0.1, 0.15) is 11.1 Å². The Hall–Kier alpha value is -3.62. The van der Waals surface area contributed by atoms with Crippen LogP contribution in [0.5, 0.6) is 11.5 Å². The molecule has 2 rings (SSSR count). The summed E-state index contributed by atoms with van der Waals surface area (Å²) in [4.78, 5) is 22.8. The minimum Gasteiger partial charge on any atom is -0.478 e. The number of methoxy groups -OCH3 is 2. The highest BCUT2D eigenvalue weighted by molar-refractivity contribution is 7.89. The third-order valence-electron chi connectivity index (χ3n) is 4.15. The van der Waals surface area contributed by atoms with E-state index in [0.29, 0.717) is 17.5 Å². The predicted molar refractivity (Wildman–Crippen MR) is 112 cm³/mol. The molecule has 1 N–H and O–H groups in total. The summed E-state index contributed by atoms with van der Waals surface area (Å²) in [7, 11) is -1.30. The maximum atomic E-state index is 12.4. The summed E-state index contributed by atoms with van der Waals surface area (Å²) in [6.07, 6.45) is 0.307. The first kappa shape index (κ1) is 24.6. The summed E-state index contributed by atoms with van der Waals surface area (Å²) in [6.45, 7) is -0.643. The minimum atomic E-state index is -3.75. The Balaban J connectivity index is 2.06. The molecule has 0 amide bonds. The zero-order chi connectivity index (χ0) is 23.6. The number of nitriles is 1. The molecule has 10 nitrogen and oxygen atoms in total. The van der Waals surface area contributed by atoms with Gasteiger partial charge in [-0.25, -0.2) is 22.7 Å². The van der Waals surface area contributed by atoms with Crippen molar-refractivity contribution in [3.05, 3.63) is 53.6 Å². The van der Waals surface area contributed by atoms with E-state index >= 15 is 0 Å². The molecule has 0 aliphatic heterocycles. The van der Waals surface area contributed by atoms with Gasteiger partial charge < -0.3 is 18.9 Å². The van der Waals surface area contributed by atoms with Crippen LogP contribution in [-0.4, -0.2) is 54.3 Å². The largest absolute Gasteiger partial charge is 0.478 e. The van der Waals surface area contributed by atoms with Gasteiger partial charge in [0.2, 0.25) is 10.0 Å². The van der Waals surface area contributed by atoms with Gasteiger partial charge in [0.25, 0.3) is 0 Å². The van der Waals surface area contributed by atoms with Crippen LogP contribution in [-0.2, 0) is 35.5 Å². The van der Waals surface area contributed by atoms with Crippen molar-refractivity contribution in [3.8, 4) is 17.6 Å². The summed E-state index contributed by atoms with van der Waals surface area (Å²) < 4.78 is 47.1. The Morgan fingerprint density at radius 2 is 1.53 bits per heavy atom. The van der Waals surface area contributed by atoms with E-state index in [1.54, 1.807) is 18.2 Å². The highest BCUT2D eigenvalue weighted by atomic mass is 32.2. The second-order valence-electron chi connectivity index (χ2n) is 6.29. The van der Waals surface area contributed by atoms with Crippen LogP contribution in [0.2, 0.25) is 0 Å². The molecule has 170 valence electrons. The number of hydrogen-bond acceptors (Lipinski definition) is 9. The molecule has 0 fully saturated rings. The maximum absolute atomic E-state index is 12.4. The monoisotopic (exact) mass is 462 g/mol. The molecule has 0 aliphatic carbocycles. The lowest BCUT2D eigenvalue weighted by atomic mass is 10.1. The number of nitrogens with one attached hydrogen (secondary N) is 1. The standard InChI is InChI=1S/C21H22N2O8S/c1-28-20(24)13-30-18-8-5-15(11-19(18)31-14-21(25)29-2)9-10-23-32(26,27)17-6-3-16(12-22)4-7-17/h3-8,11,23H,9-10,13-14H2,1-2H3. The summed E-state index contributed by atoms with van der Waals surface area (Å²) in [5.41, 5.74) is 1.05. The normalized spacial score (nSPS) is 10.7. The Kier molecular flexibility index (Phi) is 9.00. The smallest absolute Gasteiger partial charge is 0.343 e. The SMILES string of the molecule is COC(=O)COc1ccc(CCNS(=O)(=O)c2ccc(C#N)cc2)cc1OCC(=O)OC. The molecule has 32 heavy (non-hydrogen) atoms. The number of carbonyl (C=O) groups excluding carboxylic acids is 2. The lowest BCUT2D eigenvalue weighted by Crippen LogP contribution is -2.26. The fourth-order valence-corrected chi connectivity index (χ4v) is 3.48. The first-order valence-corrected chi connectivity index (χ1v) is 10.8. The number of benzene rings is 2. The first-order chi connectivity index (χ1) is 15.3. The number of nitrogens with zero attached hydrogens (tertiary/aromatic N) is 1. The Morgan fingerprint density at radius 1 is 0.938 bits per heavy atom. The quantitative estimate of drug-likeness (QED) is 0.487. The van der Waals surface area contributed by atoms with Crippen molar-refractivity contribution < 1.29 is 37.0 Å². The molecule has 0 heterocycles. The third kappa shape index (κ3) is 7.26. The van der Waals surface area contributed by atoms with Gasteiger partial charge in [-0.2, -0.15) is 5.26 Å². The van der Waals surface area contributed by atoms with Gasteiger partial charge in [0.05, 0.1) is 30.7 Å². The van der Waals surface area contributed by atoms with Crippen LogP contribution < -0.4 is 14.2 Å². The lowest BCUT2D eigenvalue weighted by molar-refractivity contribution is -0.144. The number of carbonyl (C=O) groups is 2. The van der Waals surface area contributed by atoms with E-state index in [2.05, 4.69) is 14.2 Å². The molecule has 0 bridgehead atoms. The fraction of sp³-hybridized carbons (Fsp3) is 0.286. The maximum Gasteiger partial charge on any atom is 0.343 e. The van der Waals surface area contributed by atoms with Crippen molar-refractivity contribution in [3.63, 3.8) is 0 Å². The fourth-order valence-electron chi connectivity index (χ4n) is 2.45. The van der Waals surface area contributed by atoms with Crippen LogP contribution in [0.25, 0.3) is 0 Å². The number of hydrogen-bond donors (Lipinski definition) is 1. The molecule has 0 radical (unpaired) electrons. The number of esters is 2. The van der Waals surface area contributed by atoms with Gasteiger partial charge in [0.15, 0.2) is 24.7 Å². The zero-order valence-corrected chi connectivity index (χ0v) is 18.3. The van der Waals surface area contributed by atoms with Crippen LogP contribution in [0, 0.1) is 11.3 Å². The van der Waals surface area contributed by atoms with Crippen molar-refractivity contribution in [1.82, 2.24) is 4.72 Å². The lowest BCUT2D eigenvalue weighted by Gasteiger charge is -2.13. The van der Waals surface area contributed by atoms with Crippen LogP contribution in [0.15, 0.2) is 47.4 Å². The topological polar surface area (TPSA) is 141 Å². The van der Waals surface area contributed by atoms with Gasteiger partial charge in [-0.05, 0) is 48.4 Å². The average Bonchev–Trinajstić information content (AvgIpc) is 2.81. The molecular formula is C21H22N2O8S. The molecule has 2 aromatic carbocycles. The minimum absolute atomic E-state index is 0.0464. The Morgan fingerprint density at radius 3 is 2.09 bits per heavy atom. The van der Waals surface area contributed by atoms with Crippen molar-refractivity contribution in [2.24, 2.45) is 0 Å². The predicted octanol–water partition coefficient (Wildman–Crippen LogP) is 1.18. The molecule has 0 atom stereocenters.